The molecular formula is C10H22N2O. The van der Waals surface area contributed by atoms with Crippen LogP contribution in [-0.2, 0) is 4.79 Å². The van der Waals surface area contributed by atoms with Gasteiger partial charge in [0.15, 0.2) is 0 Å². The maximum atomic E-state index is 11.8. The van der Waals surface area contributed by atoms with E-state index in [-0.39, 0.29) is 11.9 Å². The van der Waals surface area contributed by atoms with Crippen LogP contribution in [0.25, 0.3) is 0 Å². The molecule has 0 aliphatic rings. The van der Waals surface area contributed by atoms with Crippen LogP contribution < -0.4 is 5.32 Å². The minimum absolute atomic E-state index is 0.0750. The van der Waals surface area contributed by atoms with Crippen LogP contribution in [-0.4, -0.2) is 36.5 Å². The number of rotatable bonds is 5. The molecule has 0 aromatic carbocycles. The summed E-state index contributed by atoms with van der Waals surface area (Å²) in [5.41, 5.74) is 0. The van der Waals surface area contributed by atoms with E-state index in [4.69, 9.17) is 0 Å². The molecule has 1 amide bonds. The number of hydrogen-bond donors (Lipinski definition) is 1. The molecule has 1 N–H and O–H groups in total. The van der Waals surface area contributed by atoms with Crippen LogP contribution in [0.3, 0.4) is 0 Å². The van der Waals surface area contributed by atoms with E-state index in [1.165, 1.54) is 0 Å². The number of amides is 1. The molecule has 0 aliphatic carbocycles. The van der Waals surface area contributed by atoms with E-state index < -0.39 is 0 Å². The first kappa shape index (κ1) is 12.4. The predicted octanol–water partition coefficient (Wildman–Crippen LogP) is 1.24. The molecule has 0 saturated carbocycles. The number of carbonyl (C=O) groups is 1. The summed E-state index contributed by atoms with van der Waals surface area (Å²) in [4.78, 5) is 13.7. The van der Waals surface area contributed by atoms with Crippen molar-refractivity contribution in [2.24, 2.45) is 0 Å². The van der Waals surface area contributed by atoms with Crippen LogP contribution in [0, 0.1) is 0 Å². The average Bonchev–Trinajstić information content (AvgIpc) is 2.11. The van der Waals surface area contributed by atoms with Gasteiger partial charge in [-0.25, -0.2) is 0 Å². The van der Waals surface area contributed by atoms with Gasteiger partial charge in [0.05, 0.1) is 6.04 Å². The van der Waals surface area contributed by atoms with E-state index in [2.05, 4.69) is 26.1 Å². The van der Waals surface area contributed by atoms with E-state index in [0.717, 1.165) is 13.0 Å². The van der Waals surface area contributed by atoms with Crippen molar-refractivity contribution in [1.82, 2.24) is 10.2 Å². The van der Waals surface area contributed by atoms with Gasteiger partial charge in [0.2, 0.25) is 5.91 Å². The maximum Gasteiger partial charge on any atom is 0.239 e. The normalized spacial score (nSPS) is 13.1. The van der Waals surface area contributed by atoms with Gasteiger partial charge in [-0.05, 0) is 34.2 Å². The highest BCUT2D eigenvalue weighted by Crippen LogP contribution is 2.02. The number of likely N-dealkylation sites (N-methyl/N-ethyl adjacent to an activating group) is 1. The fourth-order valence-corrected chi connectivity index (χ4v) is 1.24. The van der Waals surface area contributed by atoms with Crippen LogP contribution in [0.4, 0.5) is 0 Å². The van der Waals surface area contributed by atoms with Crippen molar-refractivity contribution in [3.8, 4) is 0 Å². The molecule has 0 bridgehead atoms. The Bertz CT molecular complexity index is 157. The lowest BCUT2D eigenvalue weighted by Crippen LogP contribution is -2.47. The third-order valence-electron chi connectivity index (χ3n) is 2.17. The smallest absolute Gasteiger partial charge is 0.239 e. The number of carbonyl (C=O) groups excluding carboxylic acids is 1. The van der Waals surface area contributed by atoms with Crippen molar-refractivity contribution >= 4 is 5.91 Å². The highest BCUT2D eigenvalue weighted by atomic mass is 16.2. The summed E-state index contributed by atoms with van der Waals surface area (Å²) in [5, 5.41) is 2.97. The molecule has 0 radical (unpaired) electrons. The third-order valence-corrected chi connectivity index (χ3v) is 2.17. The van der Waals surface area contributed by atoms with Crippen molar-refractivity contribution in [2.45, 2.75) is 46.2 Å². The van der Waals surface area contributed by atoms with Crippen LogP contribution in [0.1, 0.15) is 34.1 Å². The number of hydrogen-bond acceptors (Lipinski definition) is 2. The first-order valence-electron chi connectivity index (χ1n) is 5.02. The quantitative estimate of drug-likeness (QED) is 0.700. The van der Waals surface area contributed by atoms with Gasteiger partial charge in [0, 0.05) is 12.6 Å². The summed E-state index contributed by atoms with van der Waals surface area (Å²) >= 11 is 0. The molecule has 0 spiro atoms. The standard InChI is InChI=1S/C10H22N2O/c1-6-7-12(8(2)3)10(13)9(4)11-5/h8-9,11H,6-7H2,1-5H3. The molecule has 78 valence electrons. The zero-order chi connectivity index (χ0) is 10.4. The highest BCUT2D eigenvalue weighted by molar-refractivity contribution is 5.81. The lowest BCUT2D eigenvalue weighted by Gasteiger charge is -2.28. The zero-order valence-corrected chi connectivity index (χ0v) is 9.42. The molecule has 13 heavy (non-hydrogen) atoms. The Labute approximate surface area is 81.5 Å². The Morgan fingerprint density at radius 3 is 2.23 bits per heavy atom. The predicted molar refractivity (Wildman–Crippen MR) is 55.7 cm³/mol. The number of nitrogens with zero attached hydrogens (tertiary/aromatic N) is 1. The maximum absolute atomic E-state index is 11.8. The van der Waals surface area contributed by atoms with Crippen molar-refractivity contribution in [3.63, 3.8) is 0 Å². The fourth-order valence-electron chi connectivity index (χ4n) is 1.24. The Morgan fingerprint density at radius 2 is 1.92 bits per heavy atom. The zero-order valence-electron chi connectivity index (χ0n) is 9.42. The first-order chi connectivity index (χ1) is 6.04. The van der Waals surface area contributed by atoms with Crippen LogP contribution >= 0.6 is 0 Å². The third kappa shape index (κ3) is 3.77. The Hall–Kier alpha value is -0.570. The SMILES string of the molecule is CCCN(C(=O)C(C)NC)C(C)C. The molecule has 0 fully saturated rings. The second kappa shape index (κ2) is 5.97. The molecule has 0 saturated heterocycles. The van der Waals surface area contributed by atoms with Crippen molar-refractivity contribution in [3.05, 3.63) is 0 Å². The van der Waals surface area contributed by atoms with E-state index in [1.807, 2.05) is 18.9 Å². The molecule has 0 rings (SSSR count). The monoisotopic (exact) mass is 186 g/mol. The summed E-state index contributed by atoms with van der Waals surface area (Å²) in [6.07, 6.45) is 1.01. The Morgan fingerprint density at radius 1 is 1.38 bits per heavy atom. The minimum atomic E-state index is -0.0750. The minimum Gasteiger partial charge on any atom is -0.339 e. The summed E-state index contributed by atoms with van der Waals surface area (Å²) in [6.45, 7) is 8.94. The van der Waals surface area contributed by atoms with Gasteiger partial charge in [-0.15, -0.1) is 0 Å². The van der Waals surface area contributed by atoms with Gasteiger partial charge in [-0.2, -0.15) is 0 Å². The Kier molecular flexibility index (Phi) is 5.71. The molecular weight excluding hydrogens is 164 g/mol. The summed E-state index contributed by atoms with van der Waals surface area (Å²) in [5.74, 6) is 0.194. The van der Waals surface area contributed by atoms with E-state index in [9.17, 15) is 4.79 Å². The van der Waals surface area contributed by atoms with Crippen molar-refractivity contribution in [2.75, 3.05) is 13.6 Å². The topological polar surface area (TPSA) is 32.3 Å². The molecule has 1 unspecified atom stereocenters. The van der Waals surface area contributed by atoms with Crippen LogP contribution in [0.15, 0.2) is 0 Å². The highest BCUT2D eigenvalue weighted by Gasteiger charge is 2.20. The summed E-state index contributed by atoms with van der Waals surface area (Å²) in [6, 6.07) is 0.220. The van der Waals surface area contributed by atoms with Crippen molar-refractivity contribution in [1.29, 1.82) is 0 Å². The average molecular weight is 186 g/mol. The number of nitrogens with one attached hydrogen (secondary N) is 1. The first-order valence-corrected chi connectivity index (χ1v) is 5.02. The second-order valence-electron chi connectivity index (χ2n) is 3.64. The summed E-state index contributed by atoms with van der Waals surface area (Å²) < 4.78 is 0. The summed E-state index contributed by atoms with van der Waals surface area (Å²) in [7, 11) is 1.81. The van der Waals surface area contributed by atoms with Crippen LogP contribution in [0.2, 0.25) is 0 Å². The molecule has 0 heterocycles. The Balaban J connectivity index is 4.27. The van der Waals surface area contributed by atoms with Gasteiger partial charge < -0.3 is 10.2 Å². The van der Waals surface area contributed by atoms with E-state index >= 15 is 0 Å². The molecule has 0 aromatic heterocycles. The molecule has 3 heteroatoms. The van der Waals surface area contributed by atoms with Gasteiger partial charge >= 0.3 is 0 Å². The lowest BCUT2D eigenvalue weighted by atomic mass is 10.2. The van der Waals surface area contributed by atoms with Gasteiger partial charge in [0.25, 0.3) is 0 Å². The molecule has 3 nitrogen and oxygen atoms in total. The lowest BCUT2D eigenvalue weighted by molar-refractivity contribution is -0.134. The van der Waals surface area contributed by atoms with E-state index in [1.54, 1.807) is 0 Å². The van der Waals surface area contributed by atoms with Crippen molar-refractivity contribution < 1.29 is 4.79 Å². The van der Waals surface area contributed by atoms with Gasteiger partial charge in [-0.3, -0.25) is 4.79 Å². The molecule has 1 atom stereocenters. The molecule has 0 aliphatic heterocycles. The fraction of sp³-hybridized carbons (Fsp3) is 0.900. The largest absolute Gasteiger partial charge is 0.339 e. The van der Waals surface area contributed by atoms with Gasteiger partial charge in [-0.1, -0.05) is 6.92 Å². The van der Waals surface area contributed by atoms with Gasteiger partial charge in [0.1, 0.15) is 0 Å². The van der Waals surface area contributed by atoms with E-state index in [0.29, 0.717) is 6.04 Å². The molecule has 0 aromatic rings. The van der Waals surface area contributed by atoms with Crippen LogP contribution in [0.5, 0.6) is 0 Å². The second-order valence-corrected chi connectivity index (χ2v) is 3.64.